The van der Waals surface area contributed by atoms with E-state index in [9.17, 15) is 0 Å². The van der Waals surface area contributed by atoms with Gasteiger partial charge in [-0.1, -0.05) is 6.92 Å². The zero-order valence-corrected chi connectivity index (χ0v) is 9.27. The number of hydrogen-bond acceptors (Lipinski definition) is 3. The van der Waals surface area contributed by atoms with Crippen LogP contribution in [0.1, 0.15) is 31.3 Å². The Morgan fingerprint density at radius 1 is 1.43 bits per heavy atom. The molecule has 0 unspecified atom stereocenters. The lowest BCUT2D eigenvalue weighted by molar-refractivity contribution is 0.485. The summed E-state index contributed by atoms with van der Waals surface area (Å²) < 4.78 is 5.55. The lowest BCUT2D eigenvalue weighted by Crippen LogP contribution is -1.81. The monoisotopic (exact) mass is 209 g/mol. The van der Waals surface area contributed by atoms with Gasteiger partial charge in [0.1, 0.15) is 11.5 Å². The molecule has 0 bridgehead atoms. The summed E-state index contributed by atoms with van der Waals surface area (Å²) in [5.74, 6) is 4.06. The molecule has 76 valence electrons. The van der Waals surface area contributed by atoms with Gasteiger partial charge in [-0.3, -0.25) is 0 Å². The number of unbranched alkanes of at least 4 members (excludes halogenated alkanes) is 1. The number of rotatable bonds is 6. The summed E-state index contributed by atoms with van der Waals surface area (Å²) in [4.78, 5) is 0. The minimum Gasteiger partial charge on any atom is -0.465 e. The lowest BCUT2D eigenvalue weighted by atomic mass is 10.4. The van der Waals surface area contributed by atoms with Crippen LogP contribution in [0.2, 0.25) is 0 Å². The number of aryl methyl sites for hydroxylation is 1. The Morgan fingerprint density at radius 2 is 2.21 bits per heavy atom. The van der Waals surface area contributed by atoms with Crippen molar-refractivity contribution in [2.45, 2.75) is 31.9 Å². The third kappa shape index (κ3) is 3.89. The van der Waals surface area contributed by atoms with E-state index in [2.05, 4.69) is 13.0 Å². The van der Waals surface area contributed by atoms with E-state index in [1.807, 2.05) is 23.9 Å². The third-order valence-corrected chi connectivity index (χ3v) is 2.95. The van der Waals surface area contributed by atoms with Gasteiger partial charge in [-0.05, 0) is 24.3 Å². The van der Waals surface area contributed by atoms with Crippen molar-refractivity contribution in [3.63, 3.8) is 0 Å². The van der Waals surface area contributed by atoms with Crippen LogP contribution in [0.4, 0.5) is 0 Å². The fraction of sp³-hybridized carbons (Fsp3) is 0.545. The maximum atomic E-state index is 8.34. The molecule has 0 fully saturated rings. The summed E-state index contributed by atoms with van der Waals surface area (Å²) in [5.41, 5.74) is 0. The summed E-state index contributed by atoms with van der Waals surface area (Å²) in [6, 6.07) is 6.21. The van der Waals surface area contributed by atoms with Gasteiger partial charge < -0.3 is 4.42 Å². The van der Waals surface area contributed by atoms with Crippen LogP contribution in [0.15, 0.2) is 16.5 Å². The molecule has 0 spiro atoms. The second kappa shape index (κ2) is 6.56. The van der Waals surface area contributed by atoms with Crippen molar-refractivity contribution in [3.8, 4) is 6.07 Å². The normalized spacial score (nSPS) is 10.0. The first-order chi connectivity index (χ1) is 6.86. The molecule has 0 saturated carbocycles. The first-order valence-electron chi connectivity index (χ1n) is 4.89. The first-order valence-corrected chi connectivity index (χ1v) is 6.04. The highest BCUT2D eigenvalue weighted by atomic mass is 32.2. The Balaban J connectivity index is 2.15. The summed E-state index contributed by atoms with van der Waals surface area (Å²) in [6.07, 6.45) is 2.59. The average Bonchev–Trinajstić information content (AvgIpc) is 2.65. The van der Waals surface area contributed by atoms with Gasteiger partial charge in [-0.2, -0.15) is 17.0 Å². The number of nitrogens with zero attached hydrogens (tertiary/aromatic N) is 1. The predicted octanol–water partition coefficient (Wildman–Crippen LogP) is 3.38. The van der Waals surface area contributed by atoms with Gasteiger partial charge in [0.15, 0.2) is 0 Å². The van der Waals surface area contributed by atoms with E-state index in [1.165, 1.54) is 0 Å². The Labute approximate surface area is 89.3 Å². The molecule has 2 nitrogen and oxygen atoms in total. The molecule has 1 rings (SSSR count). The zero-order valence-electron chi connectivity index (χ0n) is 8.45. The van der Waals surface area contributed by atoms with Crippen molar-refractivity contribution < 1.29 is 4.42 Å². The van der Waals surface area contributed by atoms with Gasteiger partial charge in [-0.25, -0.2) is 0 Å². The second-order valence-corrected chi connectivity index (χ2v) is 4.14. The average molecular weight is 209 g/mol. The highest BCUT2D eigenvalue weighted by Gasteiger charge is 1.99. The molecule has 0 N–H and O–H groups in total. The van der Waals surface area contributed by atoms with Gasteiger partial charge in [-0.15, -0.1) is 0 Å². The largest absolute Gasteiger partial charge is 0.465 e. The molecule has 3 heteroatoms. The standard InChI is InChI=1S/C11H15NOS/c1-2-10-5-6-11(13-10)9-14-8-4-3-7-12/h5-6H,2-4,8-9H2,1H3. The van der Waals surface area contributed by atoms with Crippen molar-refractivity contribution in [3.05, 3.63) is 23.7 Å². The summed E-state index contributed by atoms with van der Waals surface area (Å²) >= 11 is 1.83. The quantitative estimate of drug-likeness (QED) is 0.674. The topological polar surface area (TPSA) is 36.9 Å². The molecule has 1 heterocycles. The van der Waals surface area contributed by atoms with E-state index in [0.717, 1.165) is 35.9 Å². The maximum Gasteiger partial charge on any atom is 0.114 e. The molecule has 1 aromatic heterocycles. The van der Waals surface area contributed by atoms with Crippen LogP contribution in [0.3, 0.4) is 0 Å². The highest BCUT2D eigenvalue weighted by molar-refractivity contribution is 7.98. The van der Waals surface area contributed by atoms with Crippen LogP contribution < -0.4 is 0 Å². The van der Waals surface area contributed by atoms with Crippen LogP contribution in [-0.4, -0.2) is 5.75 Å². The molecule has 0 atom stereocenters. The second-order valence-electron chi connectivity index (χ2n) is 3.04. The van der Waals surface area contributed by atoms with Crippen molar-refractivity contribution >= 4 is 11.8 Å². The van der Waals surface area contributed by atoms with E-state index in [1.54, 1.807) is 0 Å². The SMILES string of the molecule is CCc1ccc(CSCCCC#N)o1. The third-order valence-electron chi connectivity index (χ3n) is 1.89. The first kappa shape index (κ1) is 11.2. The van der Waals surface area contributed by atoms with Gasteiger partial charge in [0.2, 0.25) is 0 Å². The summed E-state index contributed by atoms with van der Waals surface area (Å²) in [5, 5.41) is 8.34. The molecular weight excluding hydrogens is 194 g/mol. The molecule has 0 aliphatic heterocycles. The van der Waals surface area contributed by atoms with Crippen molar-refractivity contribution in [2.75, 3.05) is 5.75 Å². The molecule has 0 aliphatic rings. The predicted molar refractivity (Wildman–Crippen MR) is 59.1 cm³/mol. The summed E-state index contributed by atoms with van der Waals surface area (Å²) in [6.45, 7) is 2.09. The Kier molecular flexibility index (Phi) is 5.24. The Bertz CT molecular complexity index is 300. The summed E-state index contributed by atoms with van der Waals surface area (Å²) in [7, 11) is 0. The van der Waals surface area contributed by atoms with Crippen LogP contribution in [0.5, 0.6) is 0 Å². The van der Waals surface area contributed by atoms with E-state index >= 15 is 0 Å². The van der Waals surface area contributed by atoms with Crippen molar-refractivity contribution in [1.29, 1.82) is 5.26 Å². The number of hydrogen-bond donors (Lipinski definition) is 0. The number of nitriles is 1. The smallest absolute Gasteiger partial charge is 0.114 e. The van der Waals surface area contributed by atoms with Crippen molar-refractivity contribution in [2.24, 2.45) is 0 Å². The molecule has 1 aromatic rings. The van der Waals surface area contributed by atoms with Crippen LogP contribution >= 0.6 is 11.8 Å². The number of furan rings is 1. The number of thioether (sulfide) groups is 1. The highest BCUT2D eigenvalue weighted by Crippen LogP contribution is 2.16. The Hall–Kier alpha value is -0.880. The van der Waals surface area contributed by atoms with E-state index in [0.29, 0.717) is 6.42 Å². The van der Waals surface area contributed by atoms with E-state index < -0.39 is 0 Å². The molecule has 14 heavy (non-hydrogen) atoms. The van der Waals surface area contributed by atoms with Gasteiger partial charge in [0.05, 0.1) is 11.8 Å². The van der Waals surface area contributed by atoms with Crippen LogP contribution in [-0.2, 0) is 12.2 Å². The van der Waals surface area contributed by atoms with Crippen LogP contribution in [0.25, 0.3) is 0 Å². The lowest BCUT2D eigenvalue weighted by Gasteiger charge is -1.96. The fourth-order valence-electron chi connectivity index (χ4n) is 1.12. The minimum atomic E-state index is 0.658. The Morgan fingerprint density at radius 3 is 2.86 bits per heavy atom. The van der Waals surface area contributed by atoms with E-state index in [-0.39, 0.29) is 0 Å². The minimum absolute atomic E-state index is 0.658. The molecule has 0 aromatic carbocycles. The fourth-order valence-corrected chi connectivity index (χ4v) is 1.97. The van der Waals surface area contributed by atoms with Gasteiger partial charge >= 0.3 is 0 Å². The molecule has 0 saturated heterocycles. The molecule has 0 aliphatic carbocycles. The zero-order chi connectivity index (χ0) is 10.2. The van der Waals surface area contributed by atoms with Crippen LogP contribution in [0, 0.1) is 11.3 Å². The molecular formula is C11H15NOS. The maximum absolute atomic E-state index is 8.34. The molecule has 0 radical (unpaired) electrons. The van der Waals surface area contributed by atoms with Gasteiger partial charge in [0, 0.05) is 12.8 Å². The van der Waals surface area contributed by atoms with E-state index in [4.69, 9.17) is 9.68 Å². The van der Waals surface area contributed by atoms with Gasteiger partial charge in [0.25, 0.3) is 0 Å². The van der Waals surface area contributed by atoms with Crippen molar-refractivity contribution in [1.82, 2.24) is 0 Å². The molecule has 0 amide bonds.